The van der Waals surface area contributed by atoms with E-state index in [4.69, 9.17) is 0 Å². The first-order valence-corrected chi connectivity index (χ1v) is 7.83. The van der Waals surface area contributed by atoms with Crippen molar-refractivity contribution in [3.63, 3.8) is 0 Å². The molecule has 1 atom stereocenters. The Bertz CT molecular complexity index is 873. The van der Waals surface area contributed by atoms with E-state index in [9.17, 15) is 18.0 Å². The van der Waals surface area contributed by atoms with Crippen LogP contribution in [0, 0.1) is 5.92 Å². The molecule has 0 radical (unpaired) electrons. The number of anilines is 1. The molecule has 24 heavy (non-hydrogen) atoms. The van der Waals surface area contributed by atoms with Gasteiger partial charge < -0.3 is 10.3 Å². The summed E-state index contributed by atoms with van der Waals surface area (Å²) in [5, 5.41) is 5.09. The van der Waals surface area contributed by atoms with Gasteiger partial charge in [0.05, 0.1) is 6.42 Å². The molecule has 0 spiro atoms. The van der Waals surface area contributed by atoms with Crippen LogP contribution in [0.5, 0.6) is 0 Å². The predicted octanol–water partition coefficient (Wildman–Crippen LogP) is 3.61. The summed E-state index contributed by atoms with van der Waals surface area (Å²) in [7, 11) is 0. The van der Waals surface area contributed by atoms with Crippen molar-refractivity contribution in [1.82, 2.24) is 19.9 Å². The molecule has 2 N–H and O–H groups in total. The number of aromatic amines is 1. The molecule has 3 aromatic rings. The molecule has 1 unspecified atom stereocenters. The van der Waals surface area contributed by atoms with Crippen LogP contribution < -0.4 is 5.32 Å². The standard InChI is InChI=1S/C14H12F3N5OS/c1-7(4-14(15,16)17)12(23)22-13-21-9(5-24-13)10-8-2-3-18-11(8)20-6-19-10/h2-3,5-7H,4H2,1H3,(H,18,19,20)(H,21,22,23). The van der Waals surface area contributed by atoms with Crippen molar-refractivity contribution < 1.29 is 18.0 Å². The summed E-state index contributed by atoms with van der Waals surface area (Å²) in [4.78, 5) is 27.3. The van der Waals surface area contributed by atoms with E-state index >= 15 is 0 Å². The second kappa shape index (κ2) is 6.19. The fraction of sp³-hybridized carbons (Fsp3) is 0.286. The van der Waals surface area contributed by atoms with Crippen LogP contribution in [0.3, 0.4) is 0 Å². The summed E-state index contributed by atoms with van der Waals surface area (Å²) >= 11 is 1.12. The van der Waals surface area contributed by atoms with Crippen molar-refractivity contribution in [3.8, 4) is 11.4 Å². The number of hydrogen-bond donors (Lipinski definition) is 2. The molecule has 126 valence electrons. The highest BCUT2D eigenvalue weighted by molar-refractivity contribution is 7.14. The van der Waals surface area contributed by atoms with Crippen molar-refractivity contribution in [2.45, 2.75) is 19.5 Å². The zero-order chi connectivity index (χ0) is 17.3. The molecule has 6 nitrogen and oxygen atoms in total. The molecular formula is C14H12F3N5OS. The second-order valence-corrected chi connectivity index (χ2v) is 6.07. The Labute approximate surface area is 138 Å². The lowest BCUT2D eigenvalue weighted by atomic mass is 10.1. The number of carbonyl (C=O) groups is 1. The normalized spacial score (nSPS) is 13.2. The van der Waals surface area contributed by atoms with Gasteiger partial charge in [0.25, 0.3) is 0 Å². The Morgan fingerprint density at radius 3 is 2.96 bits per heavy atom. The van der Waals surface area contributed by atoms with Crippen LogP contribution in [-0.2, 0) is 4.79 Å². The van der Waals surface area contributed by atoms with E-state index < -0.39 is 24.4 Å². The van der Waals surface area contributed by atoms with Crippen LogP contribution in [0.2, 0.25) is 0 Å². The minimum absolute atomic E-state index is 0.228. The molecule has 3 aromatic heterocycles. The maximum Gasteiger partial charge on any atom is 0.389 e. The molecule has 3 heterocycles. The van der Waals surface area contributed by atoms with Gasteiger partial charge in [-0.1, -0.05) is 6.92 Å². The van der Waals surface area contributed by atoms with Crippen LogP contribution in [-0.4, -0.2) is 32.0 Å². The minimum Gasteiger partial charge on any atom is -0.346 e. The van der Waals surface area contributed by atoms with Crippen molar-refractivity contribution >= 4 is 33.4 Å². The fourth-order valence-corrected chi connectivity index (χ4v) is 2.88. The maximum atomic E-state index is 12.3. The number of aromatic nitrogens is 4. The number of rotatable bonds is 4. The van der Waals surface area contributed by atoms with E-state index in [-0.39, 0.29) is 5.13 Å². The largest absolute Gasteiger partial charge is 0.389 e. The summed E-state index contributed by atoms with van der Waals surface area (Å²) in [6, 6.07) is 1.80. The zero-order valence-corrected chi connectivity index (χ0v) is 13.2. The summed E-state index contributed by atoms with van der Waals surface area (Å²) in [6.07, 6.45) is -2.45. The van der Waals surface area contributed by atoms with Crippen LogP contribution in [0.25, 0.3) is 22.4 Å². The number of hydrogen-bond acceptors (Lipinski definition) is 5. The molecule has 0 aromatic carbocycles. The molecule has 0 saturated carbocycles. The lowest BCUT2D eigenvalue weighted by molar-refractivity contribution is -0.150. The van der Waals surface area contributed by atoms with E-state index in [1.54, 1.807) is 17.6 Å². The zero-order valence-electron chi connectivity index (χ0n) is 12.4. The number of halogens is 3. The average Bonchev–Trinajstić information content (AvgIpc) is 3.13. The third-order valence-corrected chi connectivity index (χ3v) is 4.07. The van der Waals surface area contributed by atoms with Gasteiger partial charge in [-0.05, 0) is 6.07 Å². The summed E-state index contributed by atoms with van der Waals surface area (Å²) < 4.78 is 37.0. The lowest BCUT2D eigenvalue weighted by Gasteiger charge is -2.12. The Morgan fingerprint density at radius 2 is 2.21 bits per heavy atom. The Morgan fingerprint density at radius 1 is 1.42 bits per heavy atom. The molecule has 0 aliphatic heterocycles. The third kappa shape index (κ3) is 3.53. The van der Waals surface area contributed by atoms with Gasteiger partial charge in [0.15, 0.2) is 5.13 Å². The first-order valence-electron chi connectivity index (χ1n) is 6.95. The first kappa shape index (κ1) is 16.4. The summed E-state index contributed by atoms with van der Waals surface area (Å²) in [6.45, 7) is 1.23. The van der Waals surface area contributed by atoms with Gasteiger partial charge in [-0.25, -0.2) is 15.0 Å². The molecule has 10 heteroatoms. The number of amides is 1. The van der Waals surface area contributed by atoms with E-state index in [0.29, 0.717) is 17.0 Å². The molecule has 0 saturated heterocycles. The minimum atomic E-state index is -4.38. The van der Waals surface area contributed by atoms with E-state index in [1.807, 2.05) is 0 Å². The van der Waals surface area contributed by atoms with Gasteiger partial charge in [-0.3, -0.25) is 4.79 Å². The molecule has 0 fully saturated rings. The second-order valence-electron chi connectivity index (χ2n) is 5.21. The molecule has 0 bridgehead atoms. The predicted molar refractivity (Wildman–Crippen MR) is 83.5 cm³/mol. The third-order valence-electron chi connectivity index (χ3n) is 3.32. The van der Waals surface area contributed by atoms with Crippen molar-refractivity contribution in [2.24, 2.45) is 5.92 Å². The van der Waals surface area contributed by atoms with Crippen LogP contribution in [0.1, 0.15) is 13.3 Å². The van der Waals surface area contributed by atoms with E-state index in [0.717, 1.165) is 16.7 Å². The molecule has 0 aliphatic carbocycles. The van der Waals surface area contributed by atoms with Gasteiger partial charge in [-0.2, -0.15) is 13.2 Å². The topological polar surface area (TPSA) is 83.6 Å². The summed E-state index contributed by atoms with van der Waals surface area (Å²) in [5.74, 6) is -1.91. The number of nitrogens with one attached hydrogen (secondary N) is 2. The monoisotopic (exact) mass is 355 g/mol. The number of fused-ring (bicyclic) bond motifs is 1. The molecule has 1 amide bonds. The smallest absolute Gasteiger partial charge is 0.346 e. The average molecular weight is 355 g/mol. The lowest BCUT2D eigenvalue weighted by Crippen LogP contribution is -2.25. The first-order chi connectivity index (χ1) is 11.3. The Balaban J connectivity index is 1.76. The van der Waals surface area contributed by atoms with Gasteiger partial charge >= 0.3 is 6.18 Å². The van der Waals surface area contributed by atoms with Crippen LogP contribution >= 0.6 is 11.3 Å². The SMILES string of the molecule is CC(CC(F)(F)F)C(=O)Nc1nc(-c2ncnc3[nH]ccc23)cs1. The Kier molecular flexibility index (Phi) is 4.22. The summed E-state index contributed by atoms with van der Waals surface area (Å²) in [5.41, 5.74) is 1.75. The number of carbonyl (C=O) groups excluding carboxylic acids is 1. The van der Waals surface area contributed by atoms with Crippen LogP contribution in [0.4, 0.5) is 18.3 Å². The van der Waals surface area contributed by atoms with E-state index in [1.165, 1.54) is 13.3 Å². The fourth-order valence-electron chi connectivity index (χ4n) is 2.18. The van der Waals surface area contributed by atoms with Gasteiger partial charge in [0.1, 0.15) is 23.4 Å². The number of nitrogens with zero attached hydrogens (tertiary/aromatic N) is 3. The molecule has 0 aliphatic rings. The van der Waals surface area contributed by atoms with Crippen LogP contribution in [0.15, 0.2) is 24.0 Å². The highest BCUT2D eigenvalue weighted by Gasteiger charge is 2.33. The van der Waals surface area contributed by atoms with Crippen molar-refractivity contribution in [3.05, 3.63) is 24.0 Å². The van der Waals surface area contributed by atoms with Gasteiger partial charge in [0, 0.05) is 22.9 Å². The van der Waals surface area contributed by atoms with Gasteiger partial charge in [-0.15, -0.1) is 11.3 Å². The quantitative estimate of drug-likeness (QED) is 0.749. The van der Waals surface area contributed by atoms with E-state index in [2.05, 4.69) is 25.3 Å². The number of alkyl halides is 3. The maximum absolute atomic E-state index is 12.3. The van der Waals surface area contributed by atoms with Gasteiger partial charge in [0.2, 0.25) is 5.91 Å². The van der Waals surface area contributed by atoms with Crippen molar-refractivity contribution in [2.75, 3.05) is 5.32 Å². The molecule has 3 rings (SSSR count). The number of thiazole rings is 1. The number of H-pyrrole nitrogens is 1. The molecular weight excluding hydrogens is 343 g/mol. The highest BCUT2D eigenvalue weighted by atomic mass is 32.1. The highest BCUT2D eigenvalue weighted by Crippen LogP contribution is 2.29. The van der Waals surface area contributed by atoms with Crippen molar-refractivity contribution in [1.29, 1.82) is 0 Å². The Hall–Kier alpha value is -2.49.